The van der Waals surface area contributed by atoms with Gasteiger partial charge in [0, 0.05) is 5.56 Å². The molecule has 0 radical (unpaired) electrons. The number of rotatable bonds is 9. The Labute approximate surface area is 237 Å². The van der Waals surface area contributed by atoms with Gasteiger partial charge in [0.25, 0.3) is 5.56 Å². The third-order valence-electron chi connectivity index (χ3n) is 6.45. The molecule has 38 heavy (non-hydrogen) atoms. The van der Waals surface area contributed by atoms with Gasteiger partial charge in [-0.2, -0.15) is 9.78 Å². The van der Waals surface area contributed by atoms with E-state index in [4.69, 9.17) is 14.5 Å². The van der Waals surface area contributed by atoms with E-state index >= 15 is 0 Å². The predicted molar refractivity (Wildman–Crippen MR) is 164 cm³/mol. The maximum absolute atomic E-state index is 13.7. The normalized spacial score (nSPS) is 12.4. The van der Waals surface area contributed by atoms with E-state index in [0.29, 0.717) is 23.3 Å². The van der Waals surface area contributed by atoms with Crippen LogP contribution in [0.2, 0.25) is 0 Å². The molecule has 198 valence electrons. The zero-order valence-electron chi connectivity index (χ0n) is 22.8. The van der Waals surface area contributed by atoms with Crippen LogP contribution < -0.4 is 15.0 Å². The second-order valence-corrected chi connectivity index (χ2v) is 10.8. The number of hydrogen-bond donors (Lipinski definition) is 0. The van der Waals surface area contributed by atoms with Crippen LogP contribution in [0.1, 0.15) is 63.6 Å². The smallest absolute Gasteiger partial charge is 0.282 e. The number of hydrogen-bond acceptors (Lipinski definition) is 5. The Bertz CT molecular complexity index is 1540. The van der Waals surface area contributed by atoms with Crippen molar-refractivity contribution in [2.24, 2.45) is 5.10 Å². The molecular weight excluding hydrogens is 589 g/mol. The van der Waals surface area contributed by atoms with Crippen LogP contribution in [0, 0.1) is 10.5 Å². The second kappa shape index (κ2) is 12.1. The van der Waals surface area contributed by atoms with Gasteiger partial charge < -0.3 is 9.47 Å². The fraction of sp³-hybridized carbons (Fsp3) is 0.323. The van der Waals surface area contributed by atoms with Gasteiger partial charge in [0.2, 0.25) is 0 Å². The zero-order valence-corrected chi connectivity index (χ0v) is 24.9. The Hall–Kier alpha value is -3.20. The van der Waals surface area contributed by atoms with Crippen LogP contribution >= 0.6 is 22.6 Å². The van der Waals surface area contributed by atoms with Gasteiger partial charge in [-0.3, -0.25) is 4.79 Å². The number of benzene rings is 3. The van der Waals surface area contributed by atoms with Crippen molar-refractivity contribution >= 4 is 39.7 Å². The highest BCUT2D eigenvalue weighted by Gasteiger charge is 2.18. The van der Waals surface area contributed by atoms with E-state index in [1.807, 2.05) is 56.3 Å². The minimum Gasteiger partial charge on any atom is -0.494 e. The van der Waals surface area contributed by atoms with E-state index in [1.165, 1.54) is 4.68 Å². The van der Waals surface area contributed by atoms with E-state index in [1.54, 1.807) is 12.3 Å². The molecule has 7 heteroatoms. The van der Waals surface area contributed by atoms with Crippen LogP contribution in [0.3, 0.4) is 0 Å². The minimum atomic E-state index is -0.215. The van der Waals surface area contributed by atoms with Gasteiger partial charge >= 0.3 is 0 Å². The Kier molecular flexibility index (Phi) is 8.87. The molecule has 1 heterocycles. The summed E-state index contributed by atoms with van der Waals surface area (Å²) in [4.78, 5) is 18.6. The molecule has 0 fully saturated rings. The molecule has 0 aliphatic rings. The highest BCUT2D eigenvalue weighted by molar-refractivity contribution is 14.1. The van der Waals surface area contributed by atoms with Gasteiger partial charge in [-0.05, 0) is 115 Å². The summed E-state index contributed by atoms with van der Waals surface area (Å²) < 4.78 is 14.3. The van der Waals surface area contributed by atoms with Gasteiger partial charge in [-0.25, -0.2) is 4.98 Å². The monoisotopic (exact) mass is 623 g/mol. The molecule has 0 spiro atoms. The maximum Gasteiger partial charge on any atom is 0.282 e. The van der Waals surface area contributed by atoms with E-state index in [9.17, 15) is 4.79 Å². The van der Waals surface area contributed by atoms with Crippen LogP contribution in [0.5, 0.6) is 11.5 Å². The summed E-state index contributed by atoms with van der Waals surface area (Å²) in [6.07, 6.45) is 2.77. The van der Waals surface area contributed by atoms with E-state index in [0.717, 1.165) is 43.7 Å². The first kappa shape index (κ1) is 27.8. The Balaban J connectivity index is 1.87. The largest absolute Gasteiger partial charge is 0.494 e. The molecule has 0 amide bonds. The molecule has 1 atom stereocenters. The number of aryl methyl sites for hydroxylation is 1. The Morgan fingerprint density at radius 2 is 1.82 bits per heavy atom. The van der Waals surface area contributed by atoms with Gasteiger partial charge in [-0.1, -0.05) is 32.9 Å². The fourth-order valence-electron chi connectivity index (χ4n) is 4.19. The summed E-state index contributed by atoms with van der Waals surface area (Å²) in [7, 11) is 0. The topological polar surface area (TPSA) is 65.7 Å². The molecule has 0 saturated carbocycles. The summed E-state index contributed by atoms with van der Waals surface area (Å²) in [5, 5.41) is 5.19. The quantitative estimate of drug-likeness (QED) is 0.143. The Morgan fingerprint density at radius 1 is 1.05 bits per heavy atom. The van der Waals surface area contributed by atoms with Crippen molar-refractivity contribution in [2.45, 2.75) is 60.0 Å². The zero-order chi connectivity index (χ0) is 27.4. The van der Waals surface area contributed by atoms with Crippen molar-refractivity contribution in [1.82, 2.24) is 9.66 Å². The number of para-hydroxylation sites is 1. The highest BCUT2D eigenvalue weighted by Crippen LogP contribution is 2.34. The Morgan fingerprint density at radius 3 is 2.50 bits per heavy atom. The van der Waals surface area contributed by atoms with Crippen molar-refractivity contribution in [3.05, 3.63) is 85.2 Å². The second-order valence-electron chi connectivity index (χ2n) is 9.63. The fourth-order valence-corrected chi connectivity index (χ4v) is 4.86. The van der Waals surface area contributed by atoms with Crippen molar-refractivity contribution < 1.29 is 9.47 Å². The molecule has 6 nitrogen and oxygen atoms in total. The van der Waals surface area contributed by atoms with Crippen molar-refractivity contribution in [1.29, 1.82) is 0 Å². The molecule has 0 N–H and O–H groups in total. The maximum atomic E-state index is 13.7. The molecule has 0 aliphatic carbocycles. The molecular formula is C31H34IN3O3. The lowest BCUT2D eigenvalue weighted by molar-refractivity contribution is 0.216. The first-order valence-corrected chi connectivity index (χ1v) is 14.1. The van der Waals surface area contributed by atoms with Crippen LogP contribution in [0.4, 0.5) is 0 Å². The van der Waals surface area contributed by atoms with Crippen molar-refractivity contribution in [3.63, 3.8) is 0 Å². The molecule has 0 saturated heterocycles. The van der Waals surface area contributed by atoms with Gasteiger partial charge in [0.05, 0.1) is 33.4 Å². The van der Waals surface area contributed by atoms with E-state index < -0.39 is 0 Å². The predicted octanol–water partition coefficient (Wildman–Crippen LogP) is 7.56. The molecule has 4 aromatic rings. The van der Waals surface area contributed by atoms with Crippen molar-refractivity contribution in [3.8, 4) is 22.9 Å². The van der Waals surface area contributed by atoms with E-state index in [-0.39, 0.29) is 17.6 Å². The summed E-state index contributed by atoms with van der Waals surface area (Å²) in [6.45, 7) is 13.0. The number of ether oxygens (including phenoxy) is 2. The van der Waals surface area contributed by atoms with Gasteiger partial charge in [0.15, 0.2) is 5.82 Å². The molecule has 0 unspecified atom stereocenters. The third-order valence-corrected chi connectivity index (χ3v) is 7.30. The van der Waals surface area contributed by atoms with Crippen LogP contribution in [-0.2, 0) is 0 Å². The summed E-state index contributed by atoms with van der Waals surface area (Å²) in [5.74, 6) is 2.43. The average Bonchev–Trinajstić information content (AvgIpc) is 2.89. The van der Waals surface area contributed by atoms with Crippen LogP contribution in [0.25, 0.3) is 22.3 Å². The molecule has 1 aromatic heterocycles. The number of nitrogens with zero attached hydrogens (tertiary/aromatic N) is 3. The standard InChI is InChI=1S/C31H34IN3O3/c1-7-21(6)38-28-14-13-22(16-26(28)32)18-33-35-30(34-27-12-10-9-11-23(27)31(35)36)25-17-24(19(3)4)29(37-8-2)15-20(25)5/h9-19,21H,7-8H2,1-6H3/t21-/m1/s1. The average molecular weight is 624 g/mol. The van der Waals surface area contributed by atoms with E-state index in [2.05, 4.69) is 61.5 Å². The van der Waals surface area contributed by atoms with Crippen molar-refractivity contribution in [2.75, 3.05) is 6.61 Å². The molecule has 4 rings (SSSR count). The van der Waals surface area contributed by atoms with Gasteiger partial charge in [0.1, 0.15) is 11.5 Å². The molecule has 0 aliphatic heterocycles. The lowest BCUT2D eigenvalue weighted by atomic mass is 9.96. The highest BCUT2D eigenvalue weighted by atomic mass is 127. The third kappa shape index (κ3) is 5.93. The number of halogens is 1. The number of aromatic nitrogens is 2. The summed E-state index contributed by atoms with van der Waals surface area (Å²) >= 11 is 2.27. The summed E-state index contributed by atoms with van der Waals surface area (Å²) in [5.41, 5.74) is 4.17. The minimum absolute atomic E-state index is 0.140. The molecule has 3 aromatic carbocycles. The number of fused-ring (bicyclic) bond motifs is 1. The SMILES string of the molecule is CCOc1cc(C)c(-c2nc3ccccc3c(=O)n2N=Cc2ccc(O[C@H](C)CC)c(I)c2)cc1C(C)C. The lowest BCUT2D eigenvalue weighted by Gasteiger charge is -2.18. The van der Waals surface area contributed by atoms with Crippen LogP contribution in [0.15, 0.2) is 64.5 Å². The lowest BCUT2D eigenvalue weighted by Crippen LogP contribution is -2.21. The first-order valence-electron chi connectivity index (χ1n) is 13.0. The van der Waals surface area contributed by atoms with Crippen LogP contribution in [-0.4, -0.2) is 28.6 Å². The summed E-state index contributed by atoms with van der Waals surface area (Å²) in [6, 6.07) is 17.4. The molecule has 0 bridgehead atoms. The first-order chi connectivity index (χ1) is 18.2. The van der Waals surface area contributed by atoms with Gasteiger partial charge in [-0.15, -0.1) is 0 Å².